The molecule has 1 aromatic carbocycles. The second kappa shape index (κ2) is 8.52. The smallest absolute Gasteiger partial charge is 0.324 e. The minimum absolute atomic E-state index is 0.0517. The zero-order chi connectivity index (χ0) is 22.1. The topological polar surface area (TPSA) is 123 Å². The van der Waals surface area contributed by atoms with E-state index in [2.05, 4.69) is 10.4 Å². The average Bonchev–Trinajstić information content (AvgIpc) is 2.96. The minimum Gasteiger partial charge on any atom is -0.324 e. The molecular formula is C19H25N5O5S. The van der Waals surface area contributed by atoms with Crippen LogP contribution in [0.15, 0.2) is 29.1 Å². The number of carbonyl (C=O) groups is 2. The molecule has 11 heteroatoms. The maximum absolute atomic E-state index is 12.5. The monoisotopic (exact) mass is 435 g/mol. The van der Waals surface area contributed by atoms with Crippen molar-refractivity contribution in [2.75, 3.05) is 24.7 Å². The number of aromatic nitrogens is 3. The Bertz CT molecular complexity index is 1110. The second-order valence-electron chi connectivity index (χ2n) is 7.48. The van der Waals surface area contributed by atoms with Gasteiger partial charge in [-0.1, -0.05) is 0 Å². The van der Waals surface area contributed by atoms with Crippen LogP contribution in [0.25, 0.3) is 0 Å². The van der Waals surface area contributed by atoms with E-state index in [-0.39, 0.29) is 18.2 Å². The van der Waals surface area contributed by atoms with Crippen LogP contribution in [0.5, 0.6) is 0 Å². The molecule has 2 heterocycles. The van der Waals surface area contributed by atoms with E-state index in [4.69, 9.17) is 0 Å². The first-order valence-corrected chi connectivity index (χ1v) is 11.4. The summed E-state index contributed by atoms with van der Waals surface area (Å²) in [6.07, 6.45) is 2.31. The fourth-order valence-electron chi connectivity index (χ4n) is 3.53. The Labute approximate surface area is 174 Å². The molecule has 1 amide bonds. The van der Waals surface area contributed by atoms with E-state index in [0.29, 0.717) is 43.0 Å². The van der Waals surface area contributed by atoms with Crippen molar-refractivity contribution in [2.45, 2.75) is 32.2 Å². The number of benzene rings is 1. The van der Waals surface area contributed by atoms with Crippen molar-refractivity contribution in [3.8, 4) is 0 Å². The first kappa shape index (κ1) is 21.9. The number of amides is 1. The molecule has 1 aliphatic heterocycles. The summed E-state index contributed by atoms with van der Waals surface area (Å²) in [7, 11) is -1.63. The number of ketones is 1. The molecule has 1 N–H and O–H groups in total. The molecule has 10 nitrogen and oxygen atoms in total. The maximum atomic E-state index is 12.5. The lowest BCUT2D eigenvalue weighted by Crippen LogP contribution is -2.37. The molecule has 0 unspecified atom stereocenters. The molecule has 0 radical (unpaired) electrons. The van der Waals surface area contributed by atoms with E-state index in [9.17, 15) is 22.8 Å². The molecule has 3 rings (SSSR count). The molecule has 2 aromatic rings. The van der Waals surface area contributed by atoms with Crippen molar-refractivity contribution < 1.29 is 18.0 Å². The van der Waals surface area contributed by atoms with Crippen molar-refractivity contribution in [2.24, 2.45) is 7.05 Å². The molecule has 0 saturated carbocycles. The van der Waals surface area contributed by atoms with Gasteiger partial charge in [0.2, 0.25) is 15.9 Å². The molecule has 0 bridgehead atoms. The second-order valence-corrected chi connectivity index (χ2v) is 9.46. The minimum atomic E-state index is -3.23. The Morgan fingerprint density at radius 1 is 1.17 bits per heavy atom. The number of hydrogen-bond donors (Lipinski definition) is 1. The van der Waals surface area contributed by atoms with Crippen molar-refractivity contribution in [3.63, 3.8) is 0 Å². The van der Waals surface area contributed by atoms with Gasteiger partial charge in [-0.3, -0.25) is 14.2 Å². The van der Waals surface area contributed by atoms with E-state index in [0.717, 1.165) is 4.68 Å². The molecule has 1 aliphatic rings. The quantitative estimate of drug-likeness (QED) is 0.662. The fourth-order valence-corrected chi connectivity index (χ4v) is 4.41. The van der Waals surface area contributed by atoms with Crippen LogP contribution >= 0.6 is 0 Å². The normalized spacial score (nSPS) is 15.8. The zero-order valence-electron chi connectivity index (χ0n) is 17.2. The van der Waals surface area contributed by atoms with Crippen molar-refractivity contribution in [1.29, 1.82) is 0 Å². The summed E-state index contributed by atoms with van der Waals surface area (Å²) in [6, 6.07) is 6.48. The van der Waals surface area contributed by atoms with Gasteiger partial charge in [-0.15, -0.1) is 0 Å². The Balaban J connectivity index is 1.67. The van der Waals surface area contributed by atoms with Gasteiger partial charge in [-0.25, -0.2) is 22.2 Å². The summed E-state index contributed by atoms with van der Waals surface area (Å²) in [4.78, 5) is 36.2. The number of carbonyl (C=O) groups excluding carboxylic acids is 2. The first-order valence-electron chi connectivity index (χ1n) is 9.56. The van der Waals surface area contributed by atoms with Gasteiger partial charge in [0, 0.05) is 37.3 Å². The zero-order valence-corrected chi connectivity index (χ0v) is 18.0. The number of nitrogens with one attached hydrogen (secondary N) is 1. The molecule has 0 atom stereocenters. The van der Waals surface area contributed by atoms with Crippen LogP contribution in [0.2, 0.25) is 0 Å². The molecule has 30 heavy (non-hydrogen) atoms. The lowest BCUT2D eigenvalue weighted by molar-refractivity contribution is -0.117. The van der Waals surface area contributed by atoms with Crippen LogP contribution in [0, 0.1) is 0 Å². The highest BCUT2D eigenvalue weighted by molar-refractivity contribution is 7.88. The molecule has 0 aliphatic carbocycles. The summed E-state index contributed by atoms with van der Waals surface area (Å²) in [5.74, 6) is 0.0166. The average molecular weight is 436 g/mol. The van der Waals surface area contributed by atoms with Gasteiger partial charge < -0.3 is 5.32 Å². The van der Waals surface area contributed by atoms with Crippen molar-refractivity contribution in [1.82, 2.24) is 18.7 Å². The lowest BCUT2D eigenvalue weighted by atomic mass is 9.97. The summed E-state index contributed by atoms with van der Waals surface area (Å²) in [6.45, 7) is 1.97. The Kier molecular flexibility index (Phi) is 6.22. The van der Waals surface area contributed by atoms with E-state index >= 15 is 0 Å². The van der Waals surface area contributed by atoms with Gasteiger partial charge in [0.15, 0.2) is 5.78 Å². The van der Waals surface area contributed by atoms with E-state index in [1.165, 1.54) is 22.1 Å². The van der Waals surface area contributed by atoms with Gasteiger partial charge in [-0.2, -0.15) is 5.10 Å². The van der Waals surface area contributed by atoms with Gasteiger partial charge in [-0.05, 0) is 44.0 Å². The third-order valence-corrected chi connectivity index (χ3v) is 6.53. The number of sulfonamides is 1. The Hall–Kier alpha value is -2.79. The fraction of sp³-hybridized carbons (Fsp3) is 0.474. The number of nitrogens with zero attached hydrogens (tertiary/aromatic N) is 4. The first-order chi connectivity index (χ1) is 14.1. The molecule has 162 valence electrons. The third kappa shape index (κ3) is 4.85. The van der Waals surface area contributed by atoms with Gasteiger partial charge in [0.1, 0.15) is 12.4 Å². The van der Waals surface area contributed by atoms with Crippen LogP contribution in [0.4, 0.5) is 5.69 Å². The maximum Gasteiger partial charge on any atom is 0.346 e. The van der Waals surface area contributed by atoms with Gasteiger partial charge in [0.25, 0.3) is 0 Å². The molecule has 1 saturated heterocycles. The predicted molar refractivity (Wildman–Crippen MR) is 111 cm³/mol. The van der Waals surface area contributed by atoms with Crippen LogP contribution in [0.3, 0.4) is 0 Å². The van der Waals surface area contributed by atoms with Crippen LogP contribution in [-0.2, 0) is 28.4 Å². The van der Waals surface area contributed by atoms with Crippen molar-refractivity contribution >= 4 is 27.4 Å². The van der Waals surface area contributed by atoms with E-state index < -0.39 is 21.6 Å². The number of Topliss-reactive ketones (excluding diaryl/α,β-unsaturated/α-hetero) is 1. The summed E-state index contributed by atoms with van der Waals surface area (Å²) >= 11 is 0. The standard InChI is InChI=1S/C19H25N5O5S/c1-13(25)14-4-6-16(7-5-14)20-17(26)12-24-19(27)22(2)18(21-24)15-8-10-23(11-9-15)30(3,28)29/h4-7,15H,8-12H2,1-3H3,(H,20,26). The molecule has 1 aromatic heterocycles. The van der Waals surface area contributed by atoms with E-state index in [1.54, 1.807) is 31.3 Å². The number of rotatable bonds is 6. The highest BCUT2D eigenvalue weighted by Gasteiger charge is 2.29. The molecule has 1 fully saturated rings. The van der Waals surface area contributed by atoms with Crippen LogP contribution in [0.1, 0.15) is 41.9 Å². The highest BCUT2D eigenvalue weighted by Crippen LogP contribution is 2.26. The number of hydrogen-bond acceptors (Lipinski definition) is 6. The Morgan fingerprint density at radius 2 is 1.77 bits per heavy atom. The SMILES string of the molecule is CC(=O)c1ccc(NC(=O)Cn2nc(C3CCN(S(C)(=O)=O)CC3)n(C)c2=O)cc1. The van der Waals surface area contributed by atoms with Crippen molar-refractivity contribution in [3.05, 3.63) is 46.1 Å². The number of anilines is 1. The van der Waals surface area contributed by atoms with Crippen LogP contribution < -0.4 is 11.0 Å². The lowest BCUT2D eigenvalue weighted by Gasteiger charge is -2.29. The largest absolute Gasteiger partial charge is 0.346 e. The summed E-state index contributed by atoms with van der Waals surface area (Å²) < 4.78 is 27.3. The van der Waals surface area contributed by atoms with Gasteiger partial charge >= 0.3 is 5.69 Å². The Morgan fingerprint density at radius 3 is 2.30 bits per heavy atom. The van der Waals surface area contributed by atoms with Crippen LogP contribution in [-0.4, -0.2) is 58.1 Å². The van der Waals surface area contributed by atoms with Gasteiger partial charge in [0.05, 0.1) is 6.26 Å². The third-order valence-electron chi connectivity index (χ3n) is 5.23. The highest BCUT2D eigenvalue weighted by atomic mass is 32.2. The predicted octanol–water partition coefficient (Wildman–Crippen LogP) is 0.562. The number of piperidine rings is 1. The summed E-state index contributed by atoms with van der Waals surface area (Å²) in [5, 5.41) is 7.01. The molecular weight excluding hydrogens is 410 g/mol. The molecule has 0 spiro atoms. The van der Waals surface area contributed by atoms with E-state index in [1.807, 2.05) is 0 Å². The summed E-state index contributed by atoms with van der Waals surface area (Å²) in [5.41, 5.74) is 0.653.